The fraction of sp³-hybridized carbons (Fsp3) is 0.462. The lowest BCUT2D eigenvalue weighted by Crippen LogP contribution is -2.54. The summed E-state index contributed by atoms with van der Waals surface area (Å²) in [5.41, 5.74) is -0.587. The molecule has 3 amide bonds. The molecular formula is C26H27F5N6O3. The smallest absolute Gasteiger partial charge is 0.331 e. The second-order valence-corrected chi connectivity index (χ2v) is 9.47. The highest BCUT2D eigenvalue weighted by atomic mass is 19.4. The first-order chi connectivity index (χ1) is 20.8. The number of H-pyrrole nitrogens is 1. The summed E-state index contributed by atoms with van der Waals surface area (Å²) in [6, 6.07) is 0.548. The summed E-state index contributed by atoms with van der Waals surface area (Å²) in [7, 11) is 0. The lowest BCUT2D eigenvalue weighted by molar-refractivity contribution is -0.162. The monoisotopic (exact) mass is 571 g/mol. The van der Waals surface area contributed by atoms with Gasteiger partial charge in [-0.15, -0.1) is 0 Å². The van der Waals surface area contributed by atoms with Gasteiger partial charge in [0.05, 0.1) is 6.89 Å². The van der Waals surface area contributed by atoms with E-state index in [0.29, 0.717) is 0 Å². The van der Waals surface area contributed by atoms with Gasteiger partial charge in [-0.05, 0) is 49.4 Å². The Labute approximate surface area is 232 Å². The van der Waals surface area contributed by atoms with E-state index in [2.05, 4.69) is 9.97 Å². The number of likely N-dealkylation sites (tertiary alicyclic amines) is 2. The molecule has 0 aliphatic carbocycles. The van der Waals surface area contributed by atoms with Crippen molar-refractivity contribution in [2.24, 2.45) is 0 Å². The summed E-state index contributed by atoms with van der Waals surface area (Å²) in [6.07, 6.45) is -5.82. The maximum Gasteiger partial charge on any atom is 0.406 e. The Morgan fingerprint density at radius 2 is 1.88 bits per heavy atom. The van der Waals surface area contributed by atoms with Crippen LogP contribution in [0.25, 0.3) is 11.2 Å². The fourth-order valence-electron chi connectivity index (χ4n) is 4.97. The highest BCUT2D eigenvalue weighted by Crippen LogP contribution is 2.32. The van der Waals surface area contributed by atoms with Gasteiger partial charge in [0.2, 0.25) is 5.91 Å². The van der Waals surface area contributed by atoms with Crippen LogP contribution in [-0.2, 0) is 4.79 Å². The second kappa shape index (κ2) is 10.9. The van der Waals surface area contributed by atoms with E-state index >= 15 is 0 Å². The molecule has 4 heterocycles. The van der Waals surface area contributed by atoms with Crippen LogP contribution in [-0.4, -0.2) is 74.6 Å². The molecule has 0 unspecified atom stereocenters. The number of halogens is 5. The van der Waals surface area contributed by atoms with Crippen molar-refractivity contribution in [1.82, 2.24) is 29.7 Å². The number of carbonyl (C=O) groups is 2. The van der Waals surface area contributed by atoms with E-state index in [-0.39, 0.29) is 32.9 Å². The maximum atomic E-state index is 14.6. The molecule has 2 aliphatic rings. The van der Waals surface area contributed by atoms with E-state index in [1.165, 1.54) is 18.3 Å². The number of urea groups is 1. The minimum Gasteiger partial charge on any atom is -0.331 e. The number of benzene rings is 1. The largest absolute Gasteiger partial charge is 0.406 e. The number of fused-ring (bicyclic) bond motifs is 1. The predicted molar refractivity (Wildman–Crippen MR) is 133 cm³/mol. The van der Waals surface area contributed by atoms with Gasteiger partial charge in [-0.1, -0.05) is 12.1 Å². The number of nitrogens with zero attached hydrogens (tertiary/aromatic N) is 4. The van der Waals surface area contributed by atoms with Crippen LogP contribution in [0.1, 0.15) is 50.1 Å². The molecule has 0 spiro atoms. The Balaban J connectivity index is 1.44. The Bertz CT molecular complexity index is 1680. The summed E-state index contributed by atoms with van der Waals surface area (Å²) in [6.45, 7) is -8.30. The zero-order chi connectivity index (χ0) is 33.1. The number of aromatic nitrogens is 3. The van der Waals surface area contributed by atoms with E-state index in [9.17, 15) is 36.3 Å². The van der Waals surface area contributed by atoms with Gasteiger partial charge in [0.15, 0.2) is 17.3 Å². The molecule has 2 fully saturated rings. The SMILES string of the molecule is [2H]C1([2H])CC(n2c(=O)[nH]c3ncccc32)CC([2H])([2H])N1C(=O)N[C@]1([2H])CC[C@@H](c2cccc(F)c2F)CN(CC(F)(F)F)C1=O. The molecule has 214 valence electrons. The quantitative estimate of drug-likeness (QED) is 0.467. The third-order valence-electron chi connectivity index (χ3n) is 6.81. The van der Waals surface area contributed by atoms with Crippen LogP contribution in [0, 0.1) is 11.6 Å². The average molecular weight is 572 g/mol. The number of amides is 3. The van der Waals surface area contributed by atoms with Gasteiger partial charge in [-0.3, -0.25) is 14.3 Å². The predicted octanol–water partition coefficient (Wildman–Crippen LogP) is 3.69. The van der Waals surface area contributed by atoms with Gasteiger partial charge in [0.25, 0.3) is 0 Å². The van der Waals surface area contributed by atoms with Crippen molar-refractivity contribution in [3.63, 3.8) is 0 Å². The molecule has 14 heteroatoms. The standard InChI is InChI=1S/C26H27F5N6O3/c27-18-4-1-3-17(21(18)28)15-6-7-19(23(38)36(13-15)14-26(29,30)31)33-24(39)35-11-8-16(9-12-35)37-20-5-2-10-32-22(20)34-25(37)40/h1-5,10,15-16,19H,6-9,11-14H2,(H,33,39)(H,32,34,40)/t15-,19-/m1/s1/i11D2,12D2,19D. The zero-order valence-electron chi connectivity index (χ0n) is 25.8. The van der Waals surface area contributed by atoms with E-state index in [4.69, 9.17) is 6.85 Å². The Morgan fingerprint density at radius 3 is 2.60 bits per heavy atom. The molecule has 3 aromatic rings. The molecule has 1 aromatic carbocycles. The van der Waals surface area contributed by atoms with Gasteiger partial charge in [-0.2, -0.15) is 13.2 Å². The third-order valence-corrected chi connectivity index (χ3v) is 6.81. The van der Waals surface area contributed by atoms with Crippen LogP contribution in [0.2, 0.25) is 0 Å². The molecular weight excluding hydrogens is 539 g/mol. The summed E-state index contributed by atoms with van der Waals surface area (Å²) >= 11 is 0. The van der Waals surface area contributed by atoms with Crippen LogP contribution < -0.4 is 11.0 Å². The number of hydrogen-bond donors (Lipinski definition) is 2. The summed E-state index contributed by atoms with van der Waals surface area (Å²) < 4.78 is 113. The number of aromatic amines is 1. The number of piperidine rings is 1. The first-order valence-electron chi connectivity index (χ1n) is 14.8. The summed E-state index contributed by atoms with van der Waals surface area (Å²) in [5, 5.41) is 1.93. The van der Waals surface area contributed by atoms with Crippen molar-refractivity contribution >= 4 is 23.1 Å². The van der Waals surface area contributed by atoms with Gasteiger partial charge >= 0.3 is 17.9 Å². The molecule has 5 rings (SSSR count). The summed E-state index contributed by atoms with van der Waals surface area (Å²) in [5.74, 6) is -5.34. The van der Waals surface area contributed by atoms with Gasteiger partial charge < -0.3 is 15.1 Å². The van der Waals surface area contributed by atoms with Crippen molar-refractivity contribution in [3.8, 4) is 0 Å². The number of rotatable bonds is 4. The minimum absolute atomic E-state index is 0.126. The van der Waals surface area contributed by atoms with Crippen LogP contribution in [0.15, 0.2) is 41.3 Å². The van der Waals surface area contributed by atoms with Crippen molar-refractivity contribution in [2.75, 3.05) is 26.1 Å². The number of hydrogen-bond acceptors (Lipinski definition) is 4. The molecule has 2 atom stereocenters. The second-order valence-electron chi connectivity index (χ2n) is 9.47. The number of nitrogens with one attached hydrogen (secondary N) is 2. The minimum atomic E-state index is -4.97. The lowest BCUT2D eigenvalue weighted by atomic mass is 9.93. The van der Waals surface area contributed by atoms with E-state index in [1.807, 2.05) is 5.32 Å². The first kappa shape index (κ1) is 21.8. The van der Waals surface area contributed by atoms with Crippen LogP contribution in [0.5, 0.6) is 0 Å². The van der Waals surface area contributed by atoms with Gasteiger partial charge in [0.1, 0.15) is 12.6 Å². The Hall–Kier alpha value is -3.97. The molecule has 2 aliphatic heterocycles. The van der Waals surface area contributed by atoms with E-state index < -0.39 is 98.8 Å². The maximum absolute atomic E-state index is 14.6. The average Bonchev–Trinajstić information content (AvgIpc) is 3.19. The topological polar surface area (TPSA) is 103 Å². The van der Waals surface area contributed by atoms with Crippen LogP contribution >= 0.6 is 0 Å². The van der Waals surface area contributed by atoms with Crippen LogP contribution in [0.4, 0.5) is 26.7 Å². The molecule has 2 saturated heterocycles. The van der Waals surface area contributed by atoms with Gasteiger partial charge in [0, 0.05) is 43.2 Å². The first-order valence-corrected chi connectivity index (χ1v) is 12.3. The molecule has 40 heavy (non-hydrogen) atoms. The molecule has 0 saturated carbocycles. The molecule has 9 nitrogen and oxygen atoms in total. The normalized spacial score (nSPS) is 27.3. The number of carbonyl (C=O) groups excluding carboxylic acids is 2. The van der Waals surface area contributed by atoms with Crippen molar-refractivity contribution in [1.29, 1.82) is 0 Å². The van der Waals surface area contributed by atoms with Crippen molar-refractivity contribution in [3.05, 3.63) is 64.2 Å². The number of alkyl halides is 3. The van der Waals surface area contributed by atoms with Crippen LogP contribution in [0.3, 0.4) is 0 Å². The van der Waals surface area contributed by atoms with Crippen molar-refractivity contribution < 1.29 is 38.4 Å². The summed E-state index contributed by atoms with van der Waals surface area (Å²) in [4.78, 5) is 46.4. The molecule has 2 N–H and O–H groups in total. The fourth-order valence-corrected chi connectivity index (χ4v) is 4.97. The van der Waals surface area contributed by atoms with Crippen molar-refractivity contribution in [2.45, 2.75) is 49.8 Å². The third kappa shape index (κ3) is 5.65. The molecule has 0 bridgehead atoms. The Morgan fingerprint density at radius 1 is 1.12 bits per heavy atom. The number of pyridine rings is 1. The van der Waals surface area contributed by atoms with E-state index in [0.717, 1.165) is 22.8 Å². The Kier molecular flexibility index (Phi) is 5.94. The van der Waals surface area contributed by atoms with E-state index in [1.54, 1.807) is 0 Å². The molecule has 2 aromatic heterocycles. The molecule has 0 radical (unpaired) electrons. The number of imidazole rings is 1. The highest BCUT2D eigenvalue weighted by Gasteiger charge is 2.40. The van der Waals surface area contributed by atoms with Gasteiger partial charge in [-0.25, -0.2) is 23.4 Å². The highest BCUT2D eigenvalue weighted by molar-refractivity contribution is 5.87. The lowest BCUT2D eigenvalue weighted by Gasteiger charge is -2.34. The zero-order valence-corrected chi connectivity index (χ0v) is 20.8.